The van der Waals surface area contributed by atoms with E-state index in [1.807, 2.05) is 0 Å². The number of hydrogen-bond donors (Lipinski definition) is 2. The van der Waals surface area contributed by atoms with Crippen LogP contribution >= 0.6 is 0 Å². The lowest BCUT2D eigenvalue weighted by molar-refractivity contribution is 0.0696. The Hall–Kier alpha value is -2.50. The molecule has 0 atom stereocenters. The van der Waals surface area contributed by atoms with E-state index in [-0.39, 0.29) is 5.56 Å². The number of nitrogens with zero attached hydrogens (tertiary/aromatic N) is 1. The lowest BCUT2D eigenvalue weighted by Crippen LogP contribution is -1.99. The van der Waals surface area contributed by atoms with Crippen molar-refractivity contribution in [3.63, 3.8) is 0 Å². The number of anilines is 2. The zero-order valence-electron chi connectivity index (χ0n) is 9.02. The highest BCUT2D eigenvalue weighted by Gasteiger charge is 2.06. The minimum absolute atomic E-state index is 0.00239. The van der Waals surface area contributed by atoms with Crippen molar-refractivity contribution in [1.82, 2.24) is 4.98 Å². The quantitative estimate of drug-likeness (QED) is 0.879. The van der Waals surface area contributed by atoms with Gasteiger partial charge in [0.05, 0.1) is 17.4 Å². The fourth-order valence-corrected chi connectivity index (χ4v) is 1.37. The first-order chi connectivity index (χ1) is 8.56. The van der Waals surface area contributed by atoms with Crippen LogP contribution in [0.1, 0.15) is 10.4 Å². The molecule has 0 aliphatic heterocycles. The van der Waals surface area contributed by atoms with Crippen molar-refractivity contribution in [2.24, 2.45) is 0 Å². The Morgan fingerprint density at radius 1 is 1.11 bits per heavy atom. The number of benzene rings is 1. The molecule has 1 aromatic carbocycles. The first-order valence-electron chi connectivity index (χ1n) is 4.96. The second-order valence-electron chi connectivity index (χ2n) is 3.52. The molecule has 0 radical (unpaired) electrons. The van der Waals surface area contributed by atoms with Crippen LogP contribution in [0.2, 0.25) is 0 Å². The molecule has 0 unspecified atom stereocenters. The average Bonchev–Trinajstić information content (AvgIpc) is 2.34. The third-order valence-electron chi connectivity index (χ3n) is 2.19. The Balaban J connectivity index is 2.25. The number of carboxylic acid groups (broad SMARTS) is 1. The van der Waals surface area contributed by atoms with E-state index >= 15 is 0 Å². The summed E-state index contributed by atoms with van der Waals surface area (Å²) >= 11 is 0. The van der Waals surface area contributed by atoms with E-state index in [2.05, 4.69) is 10.3 Å². The van der Waals surface area contributed by atoms with Crippen LogP contribution in [-0.2, 0) is 0 Å². The molecular formula is C12H8F2N2O2. The van der Waals surface area contributed by atoms with Crippen LogP contribution in [0.5, 0.6) is 0 Å². The summed E-state index contributed by atoms with van der Waals surface area (Å²) in [5.41, 5.74) is 0.682. The first kappa shape index (κ1) is 12.0. The van der Waals surface area contributed by atoms with Gasteiger partial charge < -0.3 is 10.4 Å². The third-order valence-corrected chi connectivity index (χ3v) is 2.19. The van der Waals surface area contributed by atoms with Crippen molar-refractivity contribution < 1.29 is 18.7 Å². The van der Waals surface area contributed by atoms with Crippen LogP contribution in [0.4, 0.5) is 20.2 Å². The zero-order chi connectivity index (χ0) is 13.1. The molecule has 0 fully saturated rings. The van der Waals surface area contributed by atoms with E-state index in [4.69, 9.17) is 5.11 Å². The van der Waals surface area contributed by atoms with Crippen molar-refractivity contribution in [2.45, 2.75) is 0 Å². The highest BCUT2D eigenvalue weighted by atomic mass is 19.2. The summed E-state index contributed by atoms with van der Waals surface area (Å²) in [6.45, 7) is 0. The molecule has 92 valence electrons. The average molecular weight is 250 g/mol. The van der Waals surface area contributed by atoms with E-state index in [1.165, 1.54) is 24.5 Å². The number of rotatable bonds is 3. The van der Waals surface area contributed by atoms with Gasteiger partial charge in [-0.2, -0.15) is 0 Å². The molecule has 1 aromatic heterocycles. The topological polar surface area (TPSA) is 62.2 Å². The maximum absolute atomic E-state index is 13.0. The number of nitrogens with one attached hydrogen (secondary N) is 1. The van der Waals surface area contributed by atoms with E-state index in [1.54, 1.807) is 0 Å². The Morgan fingerprint density at radius 2 is 1.89 bits per heavy atom. The summed E-state index contributed by atoms with van der Waals surface area (Å²) < 4.78 is 25.7. The van der Waals surface area contributed by atoms with Gasteiger partial charge in [-0.1, -0.05) is 0 Å². The normalized spacial score (nSPS) is 10.1. The molecule has 0 aliphatic carbocycles. The number of carbonyl (C=O) groups is 1. The molecule has 0 spiro atoms. The van der Waals surface area contributed by atoms with E-state index in [9.17, 15) is 13.6 Å². The van der Waals surface area contributed by atoms with Crippen LogP contribution in [0.15, 0.2) is 36.7 Å². The standard InChI is InChI=1S/C12H8F2N2O2/c13-10-2-1-8(4-11(10)14)16-9-3-7(12(17)18)5-15-6-9/h1-6,16H,(H,17,18). The van der Waals surface area contributed by atoms with Gasteiger partial charge in [0.1, 0.15) is 0 Å². The molecule has 0 bridgehead atoms. The van der Waals surface area contributed by atoms with Gasteiger partial charge in [-0.25, -0.2) is 13.6 Å². The van der Waals surface area contributed by atoms with Crippen LogP contribution in [0.3, 0.4) is 0 Å². The molecule has 6 heteroatoms. The van der Waals surface area contributed by atoms with Crippen molar-refractivity contribution in [3.8, 4) is 0 Å². The van der Waals surface area contributed by atoms with Crippen molar-refractivity contribution in [3.05, 3.63) is 53.9 Å². The molecule has 2 rings (SSSR count). The predicted molar refractivity (Wildman–Crippen MR) is 60.8 cm³/mol. The molecule has 0 aliphatic rings. The molecule has 0 saturated heterocycles. The smallest absolute Gasteiger partial charge is 0.337 e. The maximum Gasteiger partial charge on any atom is 0.337 e. The third kappa shape index (κ3) is 2.60. The molecule has 2 aromatic rings. The SMILES string of the molecule is O=C(O)c1cncc(Nc2ccc(F)c(F)c2)c1. The molecular weight excluding hydrogens is 242 g/mol. The van der Waals surface area contributed by atoms with Crippen molar-refractivity contribution in [1.29, 1.82) is 0 Å². The zero-order valence-corrected chi connectivity index (χ0v) is 9.02. The number of halogens is 2. The summed E-state index contributed by atoms with van der Waals surface area (Å²) in [7, 11) is 0. The van der Waals surface area contributed by atoms with Crippen LogP contribution < -0.4 is 5.32 Å². The minimum atomic E-state index is -1.11. The highest BCUT2D eigenvalue weighted by molar-refractivity contribution is 5.88. The monoisotopic (exact) mass is 250 g/mol. The second kappa shape index (κ2) is 4.79. The predicted octanol–water partition coefficient (Wildman–Crippen LogP) is 2.80. The van der Waals surface area contributed by atoms with Crippen molar-refractivity contribution >= 4 is 17.3 Å². The number of aromatic nitrogens is 1. The van der Waals surface area contributed by atoms with Gasteiger partial charge >= 0.3 is 5.97 Å². The minimum Gasteiger partial charge on any atom is -0.478 e. The number of hydrogen-bond acceptors (Lipinski definition) is 3. The fraction of sp³-hybridized carbons (Fsp3) is 0. The molecule has 0 saturated carbocycles. The first-order valence-corrected chi connectivity index (χ1v) is 4.96. The van der Waals surface area contributed by atoms with E-state index < -0.39 is 17.6 Å². The van der Waals surface area contributed by atoms with E-state index in [0.717, 1.165) is 12.1 Å². The van der Waals surface area contributed by atoms with Crippen molar-refractivity contribution in [2.75, 3.05) is 5.32 Å². The fourth-order valence-electron chi connectivity index (χ4n) is 1.37. The largest absolute Gasteiger partial charge is 0.478 e. The maximum atomic E-state index is 13.0. The van der Waals surface area contributed by atoms with Gasteiger partial charge in [0.2, 0.25) is 0 Å². The molecule has 1 heterocycles. The Kier molecular flexibility index (Phi) is 3.18. The highest BCUT2D eigenvalue weighted by Crippen LogP contribution is 2.19. The Bertz CT molecular complexity index is 602. The summed E-state index contributed by atoms with van der Waals surface area (Å²) in [6.07, 6.45) is 2.58. The van der Waals surface area contributed by atoms with Gasteiger partial charge in [0.25, 0.3) is 0 Å². The molecule has 0 amide bonds. The van der Waals surface area contributed by atoms with Gasteiger partial charge in [-0.3, -0.25) is 4.98 Å². The summed E-state index contributed by atoms with van der Waals surface area (Å²) in [4.78, 5) is 14.5. The van der Waals surface area contributed by atoms with Gasteiger partial charge in [0, 0.05) is 18.0 Å². The van der Waals surface area contributed by atoms with Crippen LogP contribution in [-0.4, -0.2) is 16.1 Å². The molecule has 18 heavy (non-hydrogen) atoms. The Morgan fingerprint density at radius 3 is 2.56 bits per heavy atom. The summed E-state index contributed by atoms with van der Waals surface area (Å²) in [6, 6.07) is 4.64. The second-order valence-corrected chi connectivity index (χ2v) is 3.52. The van der Waals surface area contributed by atoms with E-state index in [0.29, 0.717) is 11.4 Å². The van der Waals surface area contributed by atoms with Crippen LogP contribution in [0.25, 0.3) is 0 Å². The van der Waals surface area contributed by atoms with Gasteiger partial charge in [0.15, 0.2) is 11.6 Å². The number of carboxylic acids is 1. The lowest BCUT2D eigenvalue weighted by atomic mass is 10.2. The van der Waals surface area contributed by atoms with Crippen LogP contribution in [0, 0.1) is 11.6 Å². The number of aromatic carboxylic acids is 1. The summed E-state index contributed by atoms with van der Waals surface area (Å²) in [5.74, 6) is -3.04. The van der Waals surface area contributed by atoms with Gasteiger partial charge in [-0.15, -0.1) is 0 Å². The van der Waals surface area contributed by atoms with Gasteiger partial charge in [-0.05, 0) is 18.2 Å². The Labute approximate surface area is 101 Å². The summed E-state index contributed by atoms with van der Waals surface area (Å²) in [5, 5.41) is 11.5. The lowest BCUT2D eigenvalue weighted by Gasteiger charge is -2.06. The number of pyridine rings is 1. The molecule has 4 nitrogen and oxygen atoms in total. The molecule has 2 N–H and O–H groups in total.